The molecule has 0 saturated carbocycles. The fourth-order valence-corrected chi connectivity index (χ4v) is 3.88. The Kier molecular flexibility index (Phi) is 8.05. The zero-order valence-electron chi connectivity index (χ0n) is 19.0. The van der Waals surface area contributed by atoms with Crippen LogP contribution in [0.2, 0.25) is 10.0 Å². The van der Waals surface area contributed by atoms with E-state index < -0.39 is 11.9 Å². The molecule has 0 fully saturated rings. The van der Waals surface area contributed by atoms with E-state index in [1.54, 1.807) is 36.4 Å². The molecular formula is C27H20Cl2N2O5. The number of para-hydroxylation sites is 2. The highest BCUT2D eigenvalue weighted by molar-refractivity contribution is 6.36. The molecule has 0 aliphatic rings. The molecule has 0 bridgehead atoms. The summed E-state index contributed by atoms with van der Waals surface area (Å²) in [6, 6.07) is 22.5. The number of hydrogen-bond donors (Lipinski definition) is 1. The Morgan fingerprint density at radius 3 is 2.44 bits per heavy atom. The fourth-order valence-electron chi connectivity index (χ4n) is 3.39. The first-order valence-corrected chi connectivity index (χ1v) is 11.5. The maximum atomic E-state index is 12.8. The highest BCUT2D eigenvalue weighted by Crippen LogP contribution is 2.29. The molecule has 36 heavy (non-hydrogen) atoms. The van der Waals surface area contributed by atoms with Gasteiger partial charge in [-0.05, 0) is 47.2 Å². The van der Waals surface area contributed by atoms with Crippen LogP contribution in [0.4, 0.5) is 0 Å². The highest BCUT2D eigenvalue weighted by atomic mass is 35.5. The number of methoxy groups -OCH3 is 1. The van der Waals surface area contributed by atoms with Crippen molar-refractivity contribution in [1.82, 2.24) is 5.43 Å². The number of nitrogens with zero attached hydrogens (tertiary/aromatic N) is 1. The van der Waals surface area contributed by atoms with Crippen molar-refractivity contribution in [2.24, 2.45) is 5.10 Å². The second-order valence-electron chi connectivity index (χ2n) is 7.44. The molecule has 4 aromatic carbocycles. The Morgan fingerprint density at radius 2 is 1.67 bits per heavy atom. The number of hydrazone groups is 1. The third kappa shape index (κ3) is 5.94. The third-order valence-electron chi connectivity index (χ3n) is 5.10. The van der Waals surface area contributed by atoms with Crippen LogP contribution >= 0.6 is 23.2 Å². The van der Waals surface area contributed by atoms with Crippen molar-refractivity contribution < 1.29 is 23.8 Å². The van der Waals surface area contributed by atoms with Gasteiger partial charge in [0.05, 0.1) is 23.9 Å². The Hall–Kier alpha value is -4.07. The van der Waals surface area contributed by atoms with Crippen molar-refractivity contribution in [2.75, 3.05) is 13.7 Å². The summed E-state index contributed by atoms with van der Waals surface area (Å²) in [6.45, 7) is -0.274. The molecule has 4 aromatic rings. The summed E-state index contributed by atoms with van der Waals surface area (Å²) < 4.78 is 16.4. The maximum Gasteiger partial charge on any atom is 0.345 e. The summed E-state index contributed by atoms with van der Waals surface area (Å²) in [6.07, 6.45) is 1.41. The van der Waals surface area contributed by atoms with Gasteiger partial charge in [0.1, 0.15) is 5.75 Å². The fraction of sp³-hybridized carbons (Fsp3) is 0.0741. The van der Waals surface area contributed by atoms with Crippen molar-refractivity contribution in [2.45, 2.75) is 0 Å². The second-order valence-corrected chi connectivity index (χ2v) is 8.29. The Morgan fingerprint density at radius 1 is 0.917 bits per heavy atom. The summed E-state index contributed by atoms with van der Waals surface area (Å²) in [4.78, 5) is 25.1. The molecule has 0 aliphatic carbocycles. The smallest absolute Gasteiger partial charge is 0.345 e. The SMILES string of the molecule is COc1ccccc1OCC(=O)NN=Cc1c(OC(=O)c2ccc(Cl)cc2Cl)ccc2ccccc12. The van der Waals surface area contributed by atoms with Crippen molar-refractivity contribution in [3.63, 3.8) is 0 Å². The van der Waals surface area contributed by atoms with Crippen LogP contribution in [-0.4, -0.2) is 31.8 Å². The van der Waals surface area contributed by atoms with Gasteiger partial charge in [-0.15, -0.1) is 0 Å². The van der Waals surface area contributed by atoms with E-state index in [0.29, 0.717) is 22.1 Å². The number of carbonyl (C=O) groups is 2. The van der Waals surface area contributed by atoms with Crippen LogP contribution in [0.1, 0.15) is 15.9 Å². The molecular weight excluding hydrogens is 503 g/mol. The van der Waals surface area contributed by atoms with Gasteiger partial charge in [0.15, 0.2) is 18.1 Å². The molecule has 9 heteroatoms. The molecule has 182 valence electrons. The predicted octanol–water partition coefficient (Wildman–Crippen LogP) is 5.90. The van der Waals surface area contributed by atoms with E-state index in [1.807, 2.05) is 30.3 Å². The van der Waals surface area contributed by atoms with Gasteiger partial charge in [-0.1, -0.05) is 65.7 Å². The number of halogens is 2. The molecule has 0 aliphatic heterocycles. The van der Waals surface area contributed by atoms with Crippen molar-refractivity contribution in [3.8, 4) is 17.2 Å². The number of fused-ring (bicyclic) bond motifs is 1. The zero-order chi connectivity index (χ0) is 25.5. The van der Waals surface area contributed by atoms with E-state index in [4.69, 9.17) is 37.4 Å². The number of ether oxygens (including phenoxy) is 3. The van der Waals surface area contributed by atoms with E-state index in [1.165, 1.54) is 25.5 Å². The third-order valence-corrected chi connectivity index (χ3v) is 5.64. The summed E-state index contributed by atoms with van der Waals surface area (Å²) >= 11 is 12.1. The standard InChI is InChI=1S/C27H20Cl2N2O5/c1-34-24-8-4-5-9-25(24)35-16-26(32)31-30-15-21-19-7-3-2-6-17(19)10-13-23(21)36-27(33)20-12-11-18(28)14-22(20)29/h2-15H,16H2,1H3,(H,31,32). The van der Waals surface area contributed by atoms with Gasteiger partial charge in [-0.2, -0.15) is 5.10 Å². The highest BCUT2D eigenvalue weighted by Gasteiger charge is 2.16. The minimum atomic E-state index is -0.657. The molecule has 1 amide bonds. The van der Waals surface area contributed by atoms with E-state index in [0.717, 1.165) is 10.8 Å². The first-order valence-electron chi connectivity index (χ1n) is 10.7. The van der Waals surface area contributed by atoms with E-state index in [2.05, 4.69) is 10.5 Å². The lowest BCUT2D eigenvalue weighted by Crippen LogP contribution is -2.24. The lowest BCUT2D eigenvalue weighted by molar-refractivity contribution is -0.123. The van der Waals surface area contributed by atoms with Crippen LogP contribution in [0.25, 0.3) is 10.8 Å². The minimum absolute atomic E-state index is 0.166. The van der Waals surface area contributed by atoms with Crippen molar-refractivity contribution in [3.05, 3.63) is 100 Å². The monoisotopic (exact) mass is 522 g/mol. The molecule has 0 aromatic heterocycles. The number of benzene rings is 4. The number of esters is 1. The van der Waals surface area contributed by atoms with Gasteiger partial charge >= 0.3 is 5.97 Å². The van der Waals surface area contributed by atoms with Crippen LogP contribution < -0.4 is 19.6 Å². The molecule has 0 saturated heterocycles. The molecule has 0 spiro atoms. The van der Waals surface area contributed by atoms with Gasteiger partial charge in [-0.3, -0.25) is 4.79 Å². The number of carbonyl (C=O) groups excluding carboxylic acids is 2. The lowest BCUT2D eigenvalue weighted by atomic mass is 10.0. The van der Waals surface area contributed by atoms with Gasteiger partial charge in [-0.25, -0.2) is 10.2 Å². The van der Waals surface area contributed by atoms with Crippen LogP contribution in [-0.2, 0) is 4.79 Å². The van der Waals surface area contributed by atoms with Crippen LogP contribution in [0.3, 0.4) is 0 Å². The predicted molar refractivity (Wildman–Crippen MR) is 140 cm³/mol. The topological polar surface area (TPSA) is 86.2 Å². The Balaban J connectivity index is 1.52. The molecule has 0 radical (unpaired) electrons. The number of amides is 1. The van der Waals surface area contributed by atoms with Crippen LogP contribution in [0, 0.1) is 0 Å². The van der Waals surface area contributed by atoms with Crippen molar-refractivity contribution >= 4 is 52.1 Å². The maximum absolute atomic E-state index is 12.8. The molecule has 0 atom stereocenters. The molecule has 0 unspecified atom stereocenters. The van der Waals surface area contributed by atoms with E-state index >= 15 is 0 Å². The van der Waals surface area contributed by atoms with Crippen molar-refractivity contribution in [1.29, 1.82) is 0 Å². The normalized spacial score (nSPS) is 10.9. The number of nitrogens with one attached hydrogen (secondary N) is 1. The number of hydrogen-bond acceptors (Lipinski definition) is 6. The quantitative estimate of drug-likeness (QED) is 0.135. The summed E-state index contributed by atoms with van der Waals surface area (Å²) in [5.74, 6) is 0.0489. The molecule has 1 N–H and O–H groups in total. The van der Waals surface area contributed by atoms with Gasteiger partial charge < -0.3 is 14.2 Å². The lowest BCUT2D eigenvalue weighted by Gasteiger charge is -2.11. The summed E-state index contributed by atoms with van der Waals surface area (Å²) in [5.41, 5.74) is 3.08. The first-order chi connectivity index (χ1) is 17.5. The second kappa shape index (κ2) is 11.6. The van der Waals surface area contributed by atoms with E-state index in [9.17, 15) is 9.59 Å². The molecule has 4 rings (SSSR count). The summed E-state index contributed by atoms with van der Waals surface area (Å²) in [7, 11) is 1.52. The minimum Gasteiger partial charge on any atom is -0.493 e. The molecule has 0 heterocycles. The largest absolute Gasteiger partial charge is 0.493 e. The summed E-state index contributed by atoms with van der Waals surface area (Å²) in [5, 5.41) is 6.29. The van der Waals surface area contributed by atoms with Crippen LogP contribution in [0.15, 0.2) is 84.0 Å². The van der Waals surface area contributed by atoms with Gasteiger partial charge in [0, 0.05) is 10.6 Å². The van der Waals surface area contributed by atoms with Crippen LogP contribution in [0.5, 0.6) is 17.2 Å². The Labute approximate surface area is 217 Å². The van der Waals surface area contributed by atoms with E-state index in [-0.39, 0.29) is 22.9 Å². The number of rotatable bonds is 8. The van der Waals surface area contributed by atoms with Gasteiger partial charge in [0.2, 0.25) is 0 Å². The zero-order valence-corrected chi connectivity index (χ0v) is 20.5. The van der Waals surface area contributed by atoms with Gasteiger partial charge in [0.25, 0.3) is 5.91 Å². The molecule has 7 nitrogen and oxygen atoms in total. The average Bonchev–Trinajstić information content (AvgIpc) is 2.88. The Bertz CT molecular complexity index is 1460. The first kappa shape index (κ1) is 25.0. The average molecular weight is 523 g/mol.